The number of hydrogen-bond acceptors (Lipinski definition) is 4. The van der Waals surface area contributed by atoms with E-state index < -0.39 is 10.0 Å². The molecule has 0 radical (unpaired) electrons. The summed E-state index contributed by atoms with van der Waals surface area (Å²) in [6.07, 6.45) is 0. The molecule has 0 saturated carbocycles. The van der Waals surface area contributed by atoms with E-state index in [1.807, 2.05) is 7.05 Å². The van der Waals surface area contributed by atoms with Crippen molar-refractivity contribution in [1.82, 2.24) is 9.21 Å². The zero-order valence-electron chi connectivity index (χ0n) is 11.1. The number of sulfonamides is 1. The molecule has 108 valence electrons. The van der Waals surface area contributed by atoms with Gasteiger partial charge in [-0.15, -0.1) is 12.4 Å². The van der Waals surface area contributed by atoms with Gasteiger partial charge in [0.15, 0.2) is 0 Å². The zero-order valence-corrected chi connectivity index (χ0v) is 12.7. The summed E-state index contributed by atoms with van der Waals surface area (Å²) in [5, 5.41) is 0. The molecule has 19 heavy (non-hydrogen) atoms. The summed E-state index contributed by atoms with van der Waals surface area (Å²) in [5.41, 5.74) is 0. The van der Waals surface area contributed by atoms with Crippen LogP contribution in [-0.4, -0.2) is 58.0 Å². The number of rotatable bonds is 3. The van der Waals surface area contributed by atoms with Crippen LogP contribution in [0.5, 0.6) is 5.75 Å². The molecule has 0 unspecified atom stereocenters. The molecule has 1 saturated heterocycles. The highest BCUT2D eigenvalue weighted by atomic mass is 35.5. The van der Waals surface area contributed by atoms with E-state index in [1.165, 1.54) is 11.4 Å². The summed E-state index contributed by atoms with van der Waals surface area (Å²) in [7, 11) is 0.0310. The first-order valence-corrected chi connectivity index (χ1v) is 7.31. The third kappa shape index (κ3) is 3.39. The highest BCUT2D eigenvalue weighted by molar-refractivity contribution is 7.89. The number of para-hydroxylation sites is 1. The third-order valence-electron chi connectivity index (χ3n) is 3.15. The van der Waals surface area contributed by atoms with Crippen molar-refractivity contribution in [3.8, 4) is 5.75 Å². The molecule has 1 aromatic rings. The Balaban J connectivity index is 0.00000180. The van der Waals surface area contributed by atoms with Crippen LogP contribution >= 0.6 is 12.4 Å². The highest BCUT2D eigenvalue weighted by Crippen LogP contribution is 2.26. The number of likely N-dealkylation sites (N-methyl/N-ethyl adjacent to an activating group) is 1. The van der Waals surface area contributed by atoms with Crippen LogP contribution in [0.15, 0.2) is 29.2 Å². The van der Waals surface area contributed by atoms with Crippen molar-refractivity contribution >= 4 is 22.4 Å². The van der Waals surface area contributed by atoms with Gasteiger partial charge in [-0.2, -0.15) is 4.31 Å². The lowest BCUT2D eigenvalue weighted by atomic mass is 10.3. The number of ether oxygens (including phenoxy) is 1. The predicted molar refractivity (Wildman–Crippen MR) is 76.5 cm³/mol. The Kier molecular flexibility index (Phi) is 5.61. The summed E-state index contributed by atoms with van der Waals surface area (Å²) < 4.78 is 31.6. The largest absolute Gasteiger partial charge is 0.495 e. The fourth-order valence-corrected chi connectivity index (χ4v) is 3.58. The van der Waals surface area contributed by atoms with Crippen LogP contribution in [-0.2, 0) is 10.0 Å². The molecule has 0 spiro atoms. The first-order chi connectivity index (χ1) is 8.55. The molecule has 0 bridgehead atoms. The average Bonchev–Trinajstić information content (AvgIpc) is 2.39. The van der Waals surface area contributed by atoms with Crippen molar-refractivity contribution in [3.05, 3.63) is 24.3 Å². The average molecular weight is 307 g/mol. The smallest absolute Gasteiger partial charge is 0.246 e. The molecule has 0 atom stereocenters. The zero-order chi connectivity index (χ0) is 13.2. The number of piperazine rings is 1. The van der Waals surface area contributed by atoms with Crippen LogP contribution in [0.25, 0.3) is 0 Å². The minimum absolute atomic E-state index is 0. The second kappa shape index (κ2) is 6.56. The Hall–Kier alpha value is -0.820. The molecule has 2 rings (SSSR count). The van der Waals surface area contributed by atoms with Gasteiger partial charge < -0.3 is 9.64 Å². The van der Waals surface area contributed by atoms with Crippen molar-refractivity contribution < 1.29 is 13.2 Å². The van der Waals surface area contributed by atoms with Gasteiger partial charge in [-0.1, -0.05) is 12.1 Å². The van der Waals surface area contributed by atoms with Crippen molar-refractivity contribution in [2.75, 3.05) is 40.3 Å². The van der Waals surface area contributed by atoms with Crippen molar-refractivity contribution in [2.45, 2.75) is 4.90 Å². The van der Waals surface area contributed by atoms with Gasteiger partial charge in [0.25, 0.3) is 0 Å². The van der Waals surface area contributed by atoms with Crippen LogP contribution in [0.2, 0.25) is 0 Å². The Bertz CT molecular complexity index is 513. The van der Waals surface area contributed by atoms with Crippen LogP contribution in [0.4, 0.5) is 0 Å². The predicted octanol–water partition coefficient (Wildman–Crippen LogP) is 1.05. The van der Waals surface area contributed by atoms with Gasteiger partial charge >= 0.3 is 0 Å². The molecule has 1 aliphatic heterocycles. The van der Waals surface area contributed by atoms with Crippen molar-refractivity contribution in [1.29, 1.82) is 0 Å². The molecule has 0 aromatic heterocycles. The lowest BCUT2D eigenvalue weighted by molar-refractivity contribution is 0.222. The number of methoxy groups -OCH3 is 1. The molecule has 7 heteroatoms. The molecule has 1 aliphatic rings. The number of benzene rings is 1. The van der Waals surface area contributed by atoms with Gasteiger partial charge in [-0.05, 0) is 19.2 Å². The van der Waals surface area contributed by atoms with Gasteiger partial charge in [0.1, 0.15) is 10.6 Å². The topological polar surface area (TPSA) is 49.9 Å². The Morgan fingerprint density at radius 1 is 1.11 bits per heavy atom. The van der Waals surface area contributed by atoms with E-state index in [2.05, 4.69) is 4.90 Å². The van der Waals surface area contributed by atoms with Gasteiger partial charge in [0.2, 0.25) is 10.0 Å². The third-order valence-corrected chi connectivity index (χ3v) is 5.09. The summed E-state index contributed by atoms with van der Waals surface area (Å²) in [4.78, 5) is 2.37. The van der Waals surface area contributed by atoms with Crippen molar-refractivity contribution in [3.63, 3.8) is 0 Å². The molecule has 1 aromatic carbocycles. The normalized spacial score (nSPS) is 17.8. The van der Waals surface area contributed by atoms with Crippen molar-refractivity contribution in [2.24, 2.45) is 0 Å². The van der Waals surface area contributed by atoms with Gasteiger partial charge in [-0.25, -0.2) is 8.42 Å². The first-order valence-electron chi connectivity index (χ1n) is 5.87. The van der Waals surface area contributed by atoms with E-state index in [0.29, 0.717) is 18.8 Å². The minimum atomic E-state index is -3.45. The van der Waals surface area contributed by atoms with E-state index in [0.717, 1.165) is 13.1 Å². The Morgan fingerprint density at radius 2 is 1.68 bits per heavy atom. The first kappa shape index (κ1) is 16.2. The summed E-state index contributed by atoms with van der Waals surface area (Å²) in [6.45, 7) is 2.57. The summed E-state index contributed by atoms with van der Waals surface area (Å²) >= 11 is 0. The monoisotopic (exact) mass is 306 g/mol. The number of halogens is 1. The number of nitrogens with zero attached hydrogens (tertiary/aromatic N) is 2. The van der Waals surface area contributed by atoms with Crippen LogP contribution in [0, 0.1) is 0 Å². The molecule has 0 N–H and O–H groups in total. The lowest BCUT2D eigenvalue weighted by Gasteiger charge is -2.31. The number of hydrogen-bond donors (Lipinski definition) is 0. The molecule has 5 nitrogen and oxygen atoms in total. The SMILES string of the molecule is COc1ccccc1S(=O)(=O)N1CCN(C)CC1.Cl. The molecule has 1 heterocycles. The van der Waals surface area contributed by atoms with Crippen LogP contribution in [0.1, 0.15) is 0 Å². The maximum atomic E-state index is 12.5. The fraction of sp³-hybridized carbons (Fsp3) is 0.500. The lowest BCUT2D eigenvalue weighted by Crippen LogP contribution is -2.47. The molecular formula is C12H19ClN2O3S. The highest BCUT2D eigenvalue weighted by Gasteiger charge is 2.29. The Labute approximate surface area is 120 Å². The van der Waals surface area contributed by atoms with Gasteiger partial charge in [0.05, 0.1) is 7.11 Å². The molecule has 0 aliphatic carbocycles. The molecule has 1 fully saturated rings. The second-order valence-electron chi connectivity index (χ2n) is 4.36. The fourth-order valence-electron chi connectivity index (χ4n) is 2.00. The van der Waals surface area contributed by atoms with Gasteiger partial charge in [-0.3, -0.25) is 0 Å². The Morgan fingerprint density at radius 3 is 2.26 bits per heavy atom. The van der Waals surface area contributed by atoms with E-state index >= 15 is 0 Å². The van der Waals surface area contributed by atoms with E-state index in [4.69, 9.17) is 4.74 Å². The maximum Gasteiger partial charge on any atom is 0.246 e. The molecule has 0 amide bonds. The van der Waals surface area contributed by atoms with E-state index in [9.17, 15) is 8.42 Å². The molecular weight excluding hydrogens is 288 g/mol. The van der Waals surface area contributed by atoms with Crippen LogP contribution in [0.3, 0.4) is 0 Å². The van der Waals surface area contributed by atoms with Crippen LogP contribution < -0.4 is 4.74 Å². The summed E-state index contributed by atoms with van der Waals surface area (Å²) in [5.74, 6) is 0.399. The van der Waals surface area contributed by atoms with Gasteiger partial charge in [0, 0.05) is 26.2 Å². The minimum Gasteiger partial charge on any atom is -0.495 e. The van der Waals surface area contributed by atoms with E-state index in [-0.39, 0.29) is 17.3 Å². The maximum absolute atomic E-state index is 12.5. The second-order valence-corrected chi connectivity index (χ2v) is 6.26. The quantitative estimate of drug-likeness (QED) is 0.838. The standard InChI is InChI=1S/C12H18N2O3S.ClH/c1-13-7-9-14(10-8-13)18(15,16)12-6-4-3-5-11(12)17-2;/h3-6H,7-10H2,1-2H3;1H. The van der Waals surface area contributed by atoms with E-state index in [1.54, 1.807) is 24.3 Å². The summed E-state index contributed by atoms with van der Waals surface area (Å²) in [6, 6.07) is 6.74.